The second-order valence-corrected chi connectivity index (χ2v) is 9.34. The van der Waals surface area contributed by atoms with E-state index in [1.54, 1.807) is 24.3 Å². The summed E-state index contributed by atoms with van der Waals surface area (Å²) in [5.41, 5.74) is 1.09. The number of benzene rings is 1. The fourth-order valence-corrected chi connectivity index (χ4v) is 4.69. The Balaban J connectivity index is 2.17. The molecule has 20 heavy (non-hydrogen) atoms. The third-order valence-electron chi connectivity index (χ3n) is 3.04. The number of hydrogen-bond donors (Lipinski definition) is 1. The van der Waals surface area contributed by atoms with Crippen LogP contribution in [0.25, 0.3) is 0 Å². The predicted octanol–water partition coefficient (Wildman–Crippen LogP) is 1.80. The van der Waals surface area contributed by atoms with E-state index in [-0.39, 0.29) is 0 Å². The number of anilines is 1. The molecule has 1 fully saturated rings. The van der Waals surface area contributed by atoms with Crippen LogP contribution in [0.15, 0.2) is 28.6 Å². The highest BCUT2D eigenvalue weighted by molar-refractivity contribution is 7.94. The maximum absolute atomic E-state index is 12.3. The fourth-order valence-electron chi connectivity index (χ4n) is 1.87. The second-order valence-electron chi connectivity index (χ2n) is 4.92. The molecule has 6 nitrogen and oxygen atoms in total. The topological polar surface area (TPSA) is 78.8 Å². The largest absolute Gasteiger partial charge is 0.301 e. The van der Waals surface area contributed by atoms with Gasteiger partial charge in [-0.3, -0.25) is 4.72 Å². The minimum atomic E-state index is -3.50. The van der Waals surface area contributed by atoms with Crippen LogP contribution in [0.3, 0.4) is 0 Å². The molecule has 0 aliphatic carbocycles. The lowest BCUT2D eigenvalue weighted by atomic mass is 10.3. The maximum atomic E-state index is 12.3. The van der Waals surface area contributed by atoms with Crippen molar-refractivity contribution in [3.8, 4) is 0 Å². The van der Waals surface area contributed by atoms with Gasteiger partial charge in [0.1, 0.15) is 0 Å². The van der Waals surface area contributed by atoms with E-state index in [0.717, 1.165) is 17.1 Å². The molecule has 8 heteroatoms. The van der Waals surface area contributed by atoms with Gasteiger partial charge in [0.05, 0.1) is 15.4 Å². The molecule has 1 saturated heterocycles. The molecule has 0 amide bonds. The number of hydrogen-bond acceptors (Lipinski definition) is 4. The zero-order valence-electron chi connectivity index (χ0n) is 11.6. The molecule has 0 saturated carbocycles. The second kappa shape index (κ2) is 5.71. The summed E-state index contributed by atoms with van der Waals surface area (Å²) in [7, 11) is -2.68. The van der Waals surface area contributed by atoms with E-state index < -0.39 is 19.9 Å². The third-order valence-corrected chi connectivity index (χ3v) is 6.90. The summed E-state index contributed by atoms with van der Waals surface area (Å²) in [5.74, 6) is 1.31. The Kier molecular flexibility index (Phi) is 4.36. The van der Waals surface area contributed by atoms with Crippen molar-refractivity contribution in [1.82, 2.24) is 4.31 Å². The van der Waals surface area contributed by atoms with Gasteiger partial charge in [0.2, 0.25) is 0 Å². The predicted molar refractivity (Wildman–Crippen MR) is 81.9 cm³/mol. The molecule has 1 N–H and O–H groups in total. The van der Waals surface area contributed by atoms with Gasteiger partial charge >= 0.3 is 10.2 Å². The lowest BCUT2D eigenvalue weighted by Gasteiger charge is -2.13. The minimum absolute atomic E-state index is 0.457. The van der Waals surface area contributed by atoms with E-state index in [1.165, 1.54) is 14.1 Å². The lowest BCUT2D eigenvalue weighted by Crippen LogP contribution is -2.28. The quantitative estimate of drug-likeness (QED) is 0.919. The summed E-state index contributed by atoms with van der Waals surface area (Å²) >= 11 is 0. The molecule has 2 rings (SSSR count). The summed E-state index contributed by atoms with van der Waals surface area (Å²) in [6.45, 7) is 0. The zero-order chi connectivity index (χ0) is 14.8. The van der Waals surface area contributed by atoms with Crippen LogP contribution in [0.1, 0.15) is 12.8 Å². The van der Waals surface area contributed by atoms with Gasteiger partial charge in [0.15, 0.2) is 0 Å². The van der Waals surface area contributed by atoms with Crippen molar-refractivity contribution in [3.63, 3.8) is 0 Å². The molecule has 0 unspecified atom stereocenters. The molecule has 112 valence electrons. The van der Waals surface area contributed by atoms with Crippen molar-refractivity contribution >= 4 is 31.3 Å². The van der Waals surface area contributed by atoms with Crippen molar-refractivity contribution in [2.24, 2.45) is 4.36 Å². The highest BCUT2D eigenvalue weighted by Crippen LogP contribution is 2.23. The number of nitrogens with one attached hydrogen (secondary N) is 1. The van der Waals surface area contributed by atoms with Gasteiger partial charge in [-0.15, -0.1) is 0 Å². The van der Waals surface area contributed by atoms with Crippen LogP contribution in [0.5, 0.6) is 0 Å². The van der Waals surface area contributed by atoms with Crippen LogP contribution in [0.4, 0.5) is 11.4 Å². The van der Waals surface area contributed by atoms with Crippen molar-refractivity contribution < 1.29 is 12.6 Å². The first-order valence-corrected chi connectivity index (χ1v) is 9.63. The molecule has 1 heterocycles. The Morgan fingerprint density at radius 3 is 2.20 bits per heavy atom. The first-order chi connectivity index (χ1) is 9.31. The molecule has 0 bridgehead atoms. The molecule has 1 aromatic carbocycles. The highest BCUT2D eigenvalue weighted by Gasteiger charge is 2.16. The first-order valence-electron chi connectivity index (χ1n) is 6.34. The van der Waals surface area contributed by atoms with Gasteiger partial charge < -0.3 is 0 Å². The average Bonchev–Trinajstić information content (AvgIpc) is 2.78. The summed E-state index contributed by atoms with van der Waals surface area (Å²) in [6, 6.07) is 6.60. The minimum Gasteiger partial charge on any atom is -0.271 e. The van der Waals surface area contributed by atoms with Gasteiger partial charge in [-0.2, -0.15) is 17.1 Å². The van der Waals surface area contributed by atoms with E-state index in [9.17, 15) is 12.6 Å². The van der Waals surface area contributed by atoms with Gasteiger partial charge in [0, 0.05) is 31.3 Å². The third kappa shape index (κ3) is 3.71. The Labute approximate surface area is 120 Å². The Morgan fingerprint density at radius 2 is 1.70 bits per heavy atom. The zero-order valence-corrected chi connectivity index (χ0v) is 13.2. The van der Waals surface area contributed by atoms with Crippen LogP contribution in [0, 0.1) is 0 Å². The molecular weight excluding hydrogens is 298 g/mol. The van der Waals surface area contributed by atoms with Crippen LogP contribution in [-0.4, -0.2) is 42.5 Å². The van der Waals surface area contributed by atoms with Crippen molar-refractivity contribution in [3.05, 3.63) is 24.3 Å². The molecule has 0 aromatic heterocycles. The van der Waals surface area contributed by atoms with E-state index in [2.05, 4.69) is 9.08 Å². The van der Waals surface area contributed by atoms with Crippen molar-refractivity contribution in [2.45, 2.75) is 12.8 Å². The average molecular weight is 317 g/mol. The molecule has 1 aliphatic rings. The van der Waals surface area contributed by atoms with Crippen LogP contribution < -0.4 is 4.72 Å². The molecule has 0 spiro atoms. The molecule has 0 radical (unpaired) electrons. The van der Waals surface area contributed by atoms with Crippen LogP contribution in [0.2, 0.25) is 0 Å². The van der Waals surface area contributed by atoms with Crippen LogP contribution >= 0.6 is 0 Å². The highest BCUT2D eigenvalue weighted by atomic mass is 32.2. The van der Waals surface area contributed by atoms with Crippen molar-refractivity contribution in [1.29, 1.82) is 0 Å². The Bertz CT molecular complexity index is 675. The molecule has 1 aromatic rings. The maximum Gasteiger partial charge on any atom is 0.301 e. The van der Waals surface area contributed by atoms with Gasteiger partial charge in [-0.1, -0.05) is 0 Å². The number of rotatable bonds is 4. The monoisotopic (exact) mass is 317 g/mol. The molecule has 1 aliphatic heterocycles. The Morgan fingerprint density at radius 1 is 1.15 bits per heavy atom. The normalized spacial score (nSPS) is 18.1. The standard InChI is InChI=1S/C12H19N3O3S2/c1-15(2)20(17,18)14-12-7-5-11(6-8-12)13-19(16)9-3-4-10-19/h5-8,14H,3-4,9-10H2,1-2H3. The molecule has 0 atom stereocenters. The fraction of sp³-hybridized carbons (Fsp3) is 0.500. The summed E-state index contributed by atoms with van der Waals surface area (Å²) in [4.78, 5) is 0. The van der Waals surface area contributed by atoms with Gasteiger partial charge in [-0.05, 0) is 37.1 Å². The summed E-state index contributed by atoms with van der Waals surface area (Å²) in [6.07, 6.45) is 1.92. The first kappa shape index (κ1) is 15.3. The van der Waals surface area contributed by atoms with E-state index in [1.807, 2.05) is 0 Å². The van der Waals surface area contributed by atoms with Gasteiger partial charge in [0.25, 0.3) is 0 Å². The van der Waals surface area contributed by atoms with E-state index in [4.69, 9.17) is 0 Å². The lowest BCUT2D eigenvalue weighted by molar-refractivity contribution is 0.527. The van der Waals surface area contributed by atoms with Crippen molar-refractivity contribution in [2.75, 3.05) is 30.3 Å². The summed E-state index contributed by atoms with van der Waals surface area (Å²) in [5, 5.41) is 0. The smallest absolute Gasteiger partial charge is 0.271 e. The van der Waals surface area contributed by atoms with E-state index in [0.29, 0.717) is 22.9 Å². The van der Waals surface area contributed by atoms with Crippen LogP contribution in [-0.2, 0) is 19.9 Å². The Hall–Kier alpha value is -1.12. The van der Waals surface area contributed by atoms with E-state index >= 15 is 0 Å². The summed E-state index contributed by atoms with van der Waals surface area (Å²) < 4.78 is 43.4. The number of nitrogens with zero attached hydrogens (tertiary/aromatic N) is 2. The SMILES string of the molecule is CN(C)S(=O)(=O)Nc1ccc(N=S2(=O)CCCC2)cc1. The van der Waals surface area contributed by atoms with Gasteiger partial charge in [-0.25, -0.2) is 4.21 Å². The molecular formula is C12H19N3O3S2.